The van der Waals surface area contributed by atoms with Gasteiger partial charge in [-0.15, -0.1) is 6.58 Å². The second-order valence-electron chi connectivity index (χ2n) is 11.5. The van der Waals surface area contributed by atoms with E-state index in [1.165, 1.54) is 0 Å². The van der Waals surface area contributed by atoms with Gasteiger partial charge in [0, 0.05) is 6.04 Å². The molecule has 6 nitrogen and oxygen atoms in total. The molecule has 3 rings (SSSR count). The van der Waals surface area contributed by atoms with Crippen LogP contribution in [-0.2, 0) is 30.1 Å². The summed E-state index contributed by atoms with van der Waals surface area (Å²) in [5.41, 5.74) is 7.29. The lowest BCUT2D eigenvalue weighted by molar-refractivity contribution is -0.0536. The van der Waals surface area contributed by atoms with E-state index in [9.17, 15) is 8.42 Å². The van der Waals surface area contributed by atoms with Crippen LogP contribution in [0.25, 0.3) is 0 Å². The maximum atomic E-state index is 12.6. The molecule has 0 bridgehead atoms. The van der Waals surface area contributed by atoms with E-state index in [0.29, 0.717) is 25.9 Å². The summed E-state index contributed by atoms with van der Waals surface area (Å²) >= 11 is 0. The molecule has 0 saturated carbocycles. The van der Waals surface area contributed by atoms with Gasteiger partial charge in [-0.25, -0.2) is 0 Å². The first-order valence-corrected chi connectivity index (χ1v) is 17.8. The second kappa shape index (κ2) is 15.0. The molecule has 3 unspecified atom stereocenters. The monoisotopic (exact) mass is 595 g/mol. The zero-order chi connectivity index (χ0) is 29.9. The molecule has 0 amide bonds. The van der Waals surface area contributed by atoms with Crippen molar-refractivity contribution in [2.75, 3.05) is 12.9 Å². The first-order chi connectivity index (χ1) is 19.5. The van der Waals surface area contributed by atoms with Crippen LogP contribution in [0.4, 0.5) is 0 Å². The van der Waals surface area contributed by atoms with Crippen LogP contribution in [0.2, 0.25) is 5.04 Å². The van der Waals surface area contributed by atoms with Gasteiger partial charge in [0.1, 0.15) is 6.10 Å². The van der Waals surface area contributed by atoms with E-state index in [1.54, 1.807) is 6.08 Å². The standard InChI is InChI=1S/C33H45NO5SSi/c1-6-16-28(34)23-24-31(37-25-27-17-10-7-11-18-27)32(39-40(5,35)36)26-38-41(33(2,3)4,29-19-12-8-13-20-29)30-21-14-9-15-22-30/h6-15,17-22,28,31-32H,1,16,23-26,34H2,2-5H3. The van der Waals surface area contributed by atoms with Gasteiger partial charge in [0.15, 0.2) is 0 Å². The summed E-state index contributed by atoms with van der Waals surface area (Å²) in [6.07, 6.45) is 3.20. The summed E-state index contributed by atoms with van der Waals surface area (Å²) in [5.74, 6) is 0. The van der Waals surface area contributed by atoms with Crippen molar-refractivity contribution >= 4 is 28.8 Å². The fraction of sp³-hybridized carbons (Fsp3) is 0.394. The van der Waals surface area contributed by atoms with E-state index >= 15 is 0 Å². The maximum Gasteiger partial charge on any atom is 0.264 e. The van der Waals surface area contributed by atoms with Crippen molar-refractivity contribution in [3.8, 4) is 0 Å². The zero-order valence-electron chi connectivity index (χ0n) is 24.7. The Labute approximate surface area is 247 Å². The minimum absolute atomic E-state index is 0.0382. The first kappa shape index (κ1) is 32.9. The van der Waals surface area contributed by atoms with Crippen LogP contribution in [0, 0.1) is 0 Å². The number of ether oxygens (including phenoxy) is 1. The van der Waals surface area contributed by atoms with Crippen LogP contribution in [-0.4, -0.2) is 47.8 Å². The largest absolute Gasteiger partial charge is 0.405 e. The highest BCUT2D eigenvalue weighted by atomic mass is 32.2. The van der Waals surface area contributed by atoms with Crippen LogP contribution in [0.1, 0.15) is 45.6 Å². The summed E-state index contributed by atoms with van der Waals surface area (Å²) in [4.78, 5) is 0. The van der Waals surface area contributed by atoms with Crippen molar-refractivity contribution in [3.05, 3.63) is 109 Å². The number of nitrogens with two attached hydrogens (primary N) is 1. The fourth-order valence-corrected chi connectivity index (χ4v) is 10.5. The van der Waals surface area contributed by atoms with E-state index in [1.807, 2.05) is 66.7 Å². The Bertz CT molecular complexity index is 1260. The molecule has 0 aromatic heterocycles. The van der Waals surface area contributed by atoms with Gasteiger partial charge < -0.3 is 14.9 Å². The molecule has 3 atom stereocenters. The Balaban J connectivity index is 2.02. The lowest BCUT2D eigenvalue weighted by Crippen LogP contribution is -2.67. The van der Waals surface area contributed by atoms with Crippen molar-refractivity contribution < 1.29 is 21.8 Å². The van der Waals surface area contributed by atoms with Gasteiger partial charge in [0.25, 0.3) is 18.4 Å². The Morgan fingerprint density at radius 1 is 0.854 bits per heavy atom. The molecule has 222 valence electrons. The van der Waals surface area contributed by atoms with Gasteiger partial charge in [-0.05, 0) is 40.2 Å². The van der Waals surface area contributed by atoms with E-state index in [4.69, 9.17) is 19.1 Å². The van der Waals surface area contributed by atoms with E-state index in [0.717, 1.165) is 22.2 Å². The van der Waals surface area contributed by atoms with E-state index in [2.05, 4.69) is 51.6 Å². The topological polar surface area (TPSA) is 87.8 Å². The lowest BCUT2D eigenvalue weighted by atomic mass is 10.0. The minimum atomic E-state index is -3.82. The molecule has 8 heteroatoms. The summed E-state index contributed by atoms with van der Waals surface area (Å²) in [5, 5.41) is 1.93. The maximum absolute atomic E-state index is 12.6. The summed E-state index contributed by atoms with van der Waals surface area (Å²) in [7, 11) is -6.77. The van der Waals surface area contributed by atoms with Crippen LogP contribution in [0.3, 0.4) is 0 Å². The van der Waals surface area contributed by atoms with E-state index in [-0.39, 0.29) is 17.7 Å². The van der Waals surface area contributed by atoms with Gasteiger partial charge in [0.05, 0.1) is 25.6 Å². The minimum Gasteiger partial charge on any atom is -0.405 e. The third kappa shape index (κ3) is 9.46. The normalized spacial score (nSPS) is 14.8. The number of benzene rings is 3. The highest BCUT2D eigenvalue weighted by molar-refractivity contribution is 7.86. The summed E-state index contributed by atoms with van der Waals surface area (Å²) in [6, 6.07) is 30.2. The number of hydrogen-bond acceptors (Lipinski definition) is 6. The molecule has 2 N–H and O–H groups in total. The molecule has 0 radical (unpaired) electrons. The second-order valence-corrected chi connectivity index (χ2v) is 17.4. The smallest absolute Gasteiger partial charge is 0.264 e. The molecule has 0 heterocycles. The summed E-state index contributed by atoms with van der Waals surface area (Å²) in [6.45, 7) is 10.7. The Morgan fingerprint density at radius 2 is 1.37 bits per heavy atom. The average molecular weight is 596 g/mol. The highest BCUT2D eigenvalue weighted by Gasteiger charge is 2.51. The number of hydrogen-bond donors (Lipinski definition) is 1. The van der Waals surface area contributed by atoms with Crippen molar-refractivity contribution in [1.82, 2.24) is 0 Å². The fourth-order valence-electron chi connectivity index (χ4n) is 5.25. The molecule has 41 heavy (non-hydrogen) atoms. The highest BCUT2D eigenvalue weighted by Crippen LogP contribution is 2.37. The zero-order valence-corrected chi connectivity index (χ0v) is 26.6. The molecular formula is C33H45NO5SSi. The third-order valence-electron chi connectivity index (χ3n) is 7.19. The first-order valence-electron chi connectivity index (χ1n) is 14.1. The third-order valence-corrected chi connectivity index (χ3v) is 12.8. The predicted molar refractivity (Wildman–Crippen MR) is 170 cm³/mol. The Kier molecular flexibility index (Phi) is 12.1. The van der Waals surface area contributed by atoms with Crippen LogP contribution in [0.15, 0.2) is 104 Å². The van der Waals surface area contributed by atoms with E-state index < -0.39 is 30.6 Å². The van der Waals surface area contributed by atoms with Gasteiger partial charge in [0.2, 0.25) is 0 Å². The molecular weight excluding hydrogens is 551 g/mol. The molecule has 3 aromatic rings. The number of rotatable bonds is 16. The predicted octanol–water partition coefficient (Wildman–Crippen LogP) is 5.18. The van der Waals surface area contributed by atoms with Crippen LogP contribution < -0.4 is 16.1 Å². The molecule has 0 aliphatic heterocycles. The quantitative estimate of drug-likeness (QED) is 0.140. The SMILES string of the molecule is C=CCC(N)CCC(OCc1ccccc1)C(CO[Si](c1ccccc1)(c1ccccc1)C(C)(C)C)OS(C)(=O)=O. The van der Waals surface area contributed by atoms with Crippen LogP contribution >= 0.6 is 0 Å². The molecule has 0 fully saturated rings. The van der Waals surface area contributed by atoms with Crippen molar-refractivity contribution in [3.63, 3.8) is 0 Å². The molecule has 0 aliphatic rings. The van der Waals surface area contributed by atoms with Crippen molar-refractivity contribution in [2.45, 2.75) is 69.9 Å². The van der Waals surface area contributed by atoms with Gasteiger partial charge >= 0.3 is 0 Å². The summed E-state index contributed by atoms with van der Waals surface area (Å²) < 4.78 is 44.3. The Morgan fingerprint density at radius 3 is 1.83 bits per heavy atom. The molecule has 0 saturated heterocycles. The molecule has 0 spiro atoms. The average Bonchev–Trinajstić information content (AvgIpc) is 2.93. The van der Waals surface area contributed by atoms with Gasteiger partial charge in [-0.1, -0.05) is 118 Å². The van der Waals surface area contributed by atoms with Crippen molar-refractivity contribution in [2.24, 2.45) is 5.73 Å². The van der Waals surface area contributed by atoms with Crippen LogP contribution in [0.5, 0.6) is 0 Å². The molecule has 3 aromatic carbocycles. The lowest BCUT2D eigenvalue weighted by Gasteiger charge is -2.44. The van der Waals surface area contributed by atoms with Crippen molar-refractivity contribution in [1.29, 1.82) is 0 Å². The van der Waals surface area contributed by atoms with Gasteiger partial charge in [-0.2, -0.15) is 8.42 Å². The molecule has 0 aliphatic carbocycles. The Hall–Kier alpha value is -2.59. The van der Waals surface area contributed by atoms with Gasteiger partial charge in [-0.3, -0.25) is 4.18 Å².